The van der Waals surface area contributed by atoms with E-state index < -0.39 is 17.9 Å². The fraction of sp³-hybridized carbons (Fsp3) is 0.500. The van der Waals surface area contributed by atoms with E-state index in [1.54, 1.807) is 13.8 Å². The van der Waals surface area contributed by atoms with E-state index in [-0.39, 0.29) is 13.2 Å². The van der Waals surface area contributed by atoms with Crippen molar-refractivity contribution in [1.82, 2.24) is 4.98 Å². The lowest BCUT2D eigenvalue weighted by atomic mass is 10.0. The molecule has 1 aromatic carbocycles. The molecule has 2 rings (SSSR count). The first-order valence-electron chi connectivity index (χ1n) is 9.91. The van der Waals surface area contributed by atoms with Gasteiger partial charge in [0.15, 0.2) is 5.92 Å². The molecule has 0 atom stereocenters. The van der Waals surface area contributed by atoms with Crippen LogP contribution < -0.4 is 0 Å². The van der Waals surface area contributed by atoms with Crippen LogP contribution in [0, 0.1) is 12.8 Å². The van der Waals surface area contributed by atoms with Crippen molar-refractivity contribution < 1.29 is 23.5 Å². The van der Waals surface area contributed by atoms with Crippen molar-refractivity contribution in [1.29, 1.82) is 0 Å². The van der Waals surface area contributed by atoms with Gasteiger partial charge < -0.3 is 13.9 Å². The smallest absolute Gasteiger partial charge is 0.320 e. The second-order valence-corrected chi connectivity index (χ2v) is 6.54. The zero-order chi connectivity index (χ0) is 20.4. The molecule has 0 spiro atoms. The maximum absolute atomic E-state index is 12.0. The molecule has 6 heteroatoms. The Labute approximate surface area is 166 Å². The van der Waals surface area contributed by atoms with Gasteiger partial charge in [-0.25, -0.2) is 4.98 Å². The third kappa shape index (κ3) is 6.22. The van der Waals surface area contributed by atoms with Crippen molar-refractivity contribution in [3.63, 3.8) is 0 Å². The van der Waals surface area contributed by atoms with Gasteiger partial charge in [0.05, 0.1) is 18.9 Å². The number of carbonyl (C=O) groups is 2. The molecule has 0 aliphatic carbocycles. The molecule has 152 valence electrons. The van der Waals surface area contributed by atoms with E-state index in [0.29, 0.717) is 12.3 Å². The van der Waals surface area contributed by atoms with Crippen LogP contribution in [-0.4, -0.2) is 30.1 Å². The molecule has 0 fully saturated rings. The lowest BCUT2D eigenvalue weighted by Crippen LogP contribution is -2.28. The highest BCUT2D eigenvalue weighted by molar-refractivity contribution is 5.94. The predicted octanol–water partition coefficient (Wildman–Crippen LogP) is 4.50. The Morgan fingerprint density at radius 1 is 1.00 bits per heavy atom. The van der Waals surface area contributed by atoms with Crippen molar-refractivity contribution in [2.24, 2.45) is 5.92 Å². The van der Waals surface area contributed by atoms with Gasteiger partial charge in [-0.05, 0) is 52.2 Å². The second kappa shape index (κ2) is 11.3. The molecule has 0 amide bonds. The third-order valence-corrected chi connectivity index (χ3v) is 4.46. The van der Waals surface area contributed by atoms with Crippen LogP contribution in [0.3, 0.4) is 0 Å². The summed E-state index contributed by atoms with van der Waals surface area (Å²) >= 11 is 0. The summed E-state index contributed by atoms with van der Waals surface area (Å²) < 4.78 is 15.8. The molecule has 0 saturated carbocycles. The number of oxazole rings is 1. The molecule has 2 aromatic rings. The molecule has 0 bridgehead atoms. The van der Waals surface area contributed by atoms with Crippen LogP contribution in [-0.2, 0) is 25.5 Å². The SMILES string of the molecule is CCOC(=O)C(CCCCCc1nc(-c2ccccc2)oc1C)C(=O)OCC. The summed E-state index contributed by atoms with van der Waals surface area (Å²) in [5.74, 6) is -0.368. The number of unbranched alkanes of at least 4 members (excludes halogenated alkanes) is 2. The maximum Gasteiger partial charge on any atom is 0.320 e. The molecular formula is C22H29NO5. The van der Waals surface area contributed by atoms with Crippen LogP contribution in [0.15, 0.2) is 34.7 Å². The lowest BCUT2D eigenvalue weighted by Gasteiger charge is -2.14. The summed E-state index contributed by atoms with van der Waals surface area (Å²) in [6.07, 6.45) is 3.75. The number of carbonyl (C=O) groups excluding carboxylic acids is 2. The number of nitrogens with zero attached hydrogens (tertiary/aromatic N) is 1. The monoisotopic (exact) mass is 387 g/mol. The Bertz CT molecular complexity index is 736. The first-order chi connectivity index (χ1) is 13.6. The van der Waals surface area contributed by atoms with Crippen molar-refractivity contribution in [3.8, 4) is 11.5 Å². The van der Waals surface area contributed by atoms with Crippen LogP contribution in [0.25, 0.3) is 11.5 Å². The average molecular weight is 387 g/mol. The van der Waals surface area contributed by atoms with E-state index in [1.165, 1.54) is 0 Å². The van der Waals surface area contributed by atoms with Crippen molar-refractivity contribution in [2.45, 2.75) is 52.9 Å². The Kier molecular flexibility index (Phi) is 8.72. The summed E-state index contributed by atoms with van der Waals surface area (Å²) in [5.41, 5.74) is 1.91. The predicted molar refractivity (Wildman–Crippen MR) is 106 cm³/mol. The van der Waals surface area contributed by atoms with Gasteiger partial charge in [0.1, 0.15) is 5.76 Å². The highest BCUT2D eigenvalue weighted by atomic mass is 16.6. The topological polar surface area (TPSA) is 78.6 Å². The zero-order valence-electron chi connectivity index (χ0n) is 16.9. The molecule has 0 aliphatic rings. The lowest BCUT2D eigenvalue weighted by molar-refractivity contribution is -0.161. The highest BCUT2D eigenvalue weighted by Crippen LogP contribution is 2.23. The standard InChI is InChI=1S/C22H29NO5/c1-4-26-21(24)18(22(25)27-5-2)14-10-7-11-15-19-16(3)28-20(23-19)17-12-8-6-9-13-17/h6,8-9,12-13,18H,4-5,7,10-11,14-15H2,1-3H3. The number of esters is 2. The Morgan fingerprint density at radius 2 is 1.64 bits per heavy atom. The molecule has 0 unspecified atom stereocenters. The molecule has 0 aliphatic heterocycles. The van der Waals surface area contributed by atoms with Gasteiger partial charge in [-0.2, -0.15) is 0 Å². The molecule has 1 heterocycles. The summed E-state index contributed by atoms with van der Waals surface area (Å²) in [6, 6.07) is 9.82. The van der Waals surface area contributed by atoms with Crippen molar-refractivity contribution in [2.75, 3.05) is 13.2 Å². The van der Waals surface area contributed by atoms with Gasteiger partial charge in [-0.3, -0.25) is 9.59 Å². The quantitative estimate of drug-likeness (QED) is 0.321. The van der Waals surface area contributed by atoms with E-state index in [0.717, 1.165) is 42.7 Å². The van der Waals surface area contributed by atoms with Gasteiger partial charge in [0.2, 0.25) is 5.89 Å². The van der Waals surface area contributed by atoms with Gasteiger partial charge in [-0.1, -0.05) is 31.0 Å². The van der Waals surface area contributed by atoms with Crippen LogP contribution in [0.5, 0.6) is 0 Å². The number of hydrogen-bond acceptors (Lipinski definition) is 6. The fourth-order valence-corrected chi connectivity index (χ4v) is 3.00. The van der Waals surface area contributed by atoms with Gasteiger partial charge in [0.25, 0.3) is 0 Å². The van der Waals surface area contributed by atoms with E-state index in [1.807, 2.05) is 37.3 Å². The van der Waals surface area contributed by atoms with Gasteiger partial charge >= 0.3 is 11.9 Å². The van der Waals surface area contributed by atoms with Crippen molar-refractivity contribution in [3.05, 3.63) is 41.8 Å². The molecule has 6 nitrogen and oxygen atoms in total. The van der Waals surface area contributed by atoms with Crippen LogP contribution in [0.2, 0.25) is 0 Å². The minimum Gasteiger partial charge on any atom is -0.465 e. The van der Waals surface area contributed by atoms with E-state index in [2.05, 4.69) is 4.98 Å². The largest absolute Gasteiger partial charge is 0.465 e. The number of hydrogen-bond donors (Lipinski definition) is 0. The fourth-order valence-electron chi connectivity index (χ4n) is 3.00. The first kappa shape index (κ1) is 21.7. The molecule has 1 aromatic heterocycles. The minimum absolute atomic E-state index is 0.254. The summed E-state index contributed by atoms with van der Waals surface area (Å²) in [6.45, 7) is 5.88. The molecular weight excluding hydrogens is 358 g/mol. The van der Waals surface area contributed by atoms with Crippen LogP contribution >= 0.6 is 0 Å². The number of rotatable bonds is 11. The number of aryl methyl sites for hydroxylation is 2. The molecule has 0 saturated heterocycles. The Hall–Kier alpha value is -2.63. The van der Waals surface area contributed by atoms with E-state index >= 15 is 0 Å². The number of aromatic nitrogens is 1. The van der Waals surface area contributed by atoms with E-state index in [9.17, 15) is 9.59 Å². The summed E-state index contributed by atoms with van der Waals surface area (Å²) in [5, 5.41) is 0. The maximum atomic E-state index is 12.0. The van der Waals surface area contributed by atoms with Gasteiger partial charge in [0, 0.05) is 5.56 Å². The normalized spacial score (nSPS) is 10.9. The number of ether oxygens (including phenoxy) is 2. The molecule has 0 N–H and O–H groups in total. The second-order valence-electron chi connectivity index (χ2n) is 6.54. The summed E-state index contributed by atoms with van der Waals surface area (Å²) in [7, 11) is 0. The van der Waals surface area contributed by atoms with Crippen molar-refractivity contribution >= 4 is 11.9 Å². The number of benzene rings is 1. The minimum atomic E-state index is -0.835. The highest BCUT2D eigenvalue weighted by Gasteiger charge is 2.28. The summed E-state index contributed by atoms with van der Waals surface area (Å²) in [4.78, 5) is 28.6. The van der Waals surface area contributed by atoms with Crippen LogP contribution in [0.4, 0.5) is 0 Å². The zero-order valence-corrected chi connectivity index (χ0v) is 16.9. The van der Waals surface area contributed by atoms with Gasteiger partial charge in [-0.15, -0.1) is 0 Å². The molecule has 0 radical (unpaired) electrons. The van der Waals surface area contributed by atoms with E-state index in [4.69, 9.17) is 13.9 Å². The third-order valence-electron chi connectivity index (χ3n) is 4.46. The van der Waals surface area contributed by atoms with Crippen LogP contribution in [0.1, 0.15) is 51.0 Å². The first-order valence-corrected chi connectivity index (χ1v) is 9.91. The average Bonchev–Trinajstić information content (AvgIpc) is 3.06. The Morgan fingerprint density at radius 3 is 2.25 bits per heavy atom. The Balaban J connectivity index is 1.82. The molecule has 28 heavy (non-hydrogen) atoms.